The highest BCUT2D eigenvalue weighted by molar-refractivity contribution is 5.89. The van der Waals surface area contributed by atoms with Gasteiger partial charge in [0.25, 0.3) is 0 Å². The molecule has 0 radical (unpaired) electrons. The maximum absolute atomic E-state index is 12.7. The van der Waals surface area contributed by atoms with Crippen molar-refractivity contribution in [1.82, 2.24) is 15.0 Å². The number of anilines is 1. The summed E-state index contributed by atoms with van der Waals surface area (Å²) in [5.41, 5.74) is 1.57. The summed E-state index contributed by atoms with van der Waals surface area (Å²) in [6, 6.07) is 16.5. The Kier molecular flexibility index (Phi) is 4.74. The predicted molar refractivity (Wildman–Crippen MR) is 100 cm³/mol. The van der Waals surface area contributed by atoms with Crippen LogP contribution in [0.3, 0.4) is 0 Å². The van der Waals surface area contributed by atoms with Gasteiger partial charge in [-0.25, -0.2) is 4.79 Å². The highest BCUT2D eigenvalue weighted by Gasteiger charge is 2.34. The standard InChI is InChI=1S/C20H20N4O3/c1-26-16-10-5-7-14(13-16)18-22-19(27-23-18)17-11-6-12-24(17)20(25)21-15-8-3-2-4-9-15/h2-5,7-10,13,17H,6,11-12H2,1H3,(H,21,25)/t17-/m1/s1. The molecule has 7 heteroatoms. The third kappa shape index (κ3) is 3.62. The topological polar surface area (TPSA) is 80.5 Å². The lowest BCUT2D eigenvalue weighted by atomic mass is 10.2. The van der Waals surface area contributed by atoms with Gasteiger partial charge in [0.1, 0.15) is 11.8 Å². The lowest BCUT2D eigenvalue weighted by molar-refractivity contribution is 0.193. The maximum atomic E-state index is 12.7. The molecule has 4 rings (SSSR count). The Bertz CT molecular complexity index is 926. The number of aromatic nitrogens is 2. The van der Waals surface area contributed by atoms with Gasteiger partial charge in [-0.1, -0.05) is 35.5 Å². The van der Waals surface area contributed by atoms with E-state index in [0.29, 0.717) is 18.3 Å². The Morgan fingerprint density at radius 2 is 2.07 bits per heavy atom. The van der Waals surface area contributed by atoms with Gasteiger partial charge in [0.05, 0.1) is 7.11 Å². The molecule has 0 saturated carbocycles. The third-order valence-corrected chi connectivity index (χ3v) is 4.59. The van der Waals surface area contributed by atoms with E-state index in [1.807, 2.05) is 54.6 Å². The van der Waals surface area contributed by atoms with Gasteiger partial charge in [0, 0.05) is 17.8 Å². The SMILES string of the molecule is COc1cccc(-c2noc([C@H]3CCCN3C(=O)Nc3ccccc3)n2)c1. The molecule has 3 aromatic rings. The summed E-state index contributed by atoms with van der Waals surface area (Å²) in [5, 5.41) is 7.00. The normalized spacial score (nSPS) is 16.3. The van der Waals surface area contributed by atoms with E-state index in [9.17, 15) is 4.79 Å². The quantitative estimate of drug-likeness (QED) is 0.753. The number of hydrogen-bond acceptors (Lipinski definition) is 5. The molecule has 1 saturated heterocycles. The first-order chi connectivity index (χ1) is 13.2. The predicted octanol–water partition coefficient (Wildman–Crippen LogP) is 4.11. The molecule has 2 heterocycles. The fourth-order valence-corrected chi connectivity index (χ4v) is 3.23. The summed E-state index contributed by atoms with van der Waals surface area (Å²) >= 11 is 0. The molecule has 2 amide bonds. The van der Waals surface area contributed by atoms with Crippen LogP contribution in [0.2, 0.25) is 0 Å². The number of urea groups is 1. The maximum Gasteiger partial charge on any atom is 0.322 e. The molecule has 1 fully saturated rings. The van der Waals surface area contributed by atoms with Crippen molar-refractivity contribution < 1.29 is 14.1 Å². The van der Waals surface area contributed by atoms with E-state index in [2.05, 4.69) is 15.5 Å². The van der Waals surface area contributed by atoms with Crippen molar-refractivity contribution in [2.75, 3.05) is 19.0 Å². The van der Waals surface area contributed by atoms with Crippen molar-refractivity contribution in [3.63, 3.8) is 0 Å². The second kappa shape index (κ2) is 7.49. The number of para-hydroxylation sites is 1. The fraction of sp³-hybridized carbons (Fsp3) is 0.250. The number of benzene rings is 2. The molecule has 138 valence electrons. The molecular formula is C20H20N4O3. The number of carbonyl (C=O) groups is 1. The smallest absolute Gasteiger partial charge is 0.322 e. The van der Waals surface area contributed by atoms with Crippen LogP contribution in [0.25, 0.3) is 11.4 Å². The van der Waals surface area contributed by atoms with Crippen molar-refractivity contribution in [3.8, 4) is 17.1 Å². The number of carbonyl (C=O) groups excluding carboxylic acids is 1. The van der Waals surface area contributed by atoms with Gasteiger partial charge in [-0.05, 0) is 37.1 Å². The zero-order valence-electron chi connectivity index (χ0n) is 15.0. The first kappa shape index (κ1) is 17.1. The van der Waals surface area contributed by atoms with Crippen LogP contribution in [-0.2, 0) is 0 Å². The molecule has 0 aliphatic carbocycles. The number of methoxy groups -OCH3 is 1. The van der Waals surface area contributed by atoms with Gasteiger partial charge in [0.15, 0.2) is 0 Å². The number of hydrogen-bond donors (Lipinski definition) is 1. The molecular weight excluding hydrogens is 344 g/mol. The van der Waals surface area contributed by atoms with E-state index in [1.54, 1.807) is 12.0 Å². The molecule has 2 aromatic carbocycles. The highest BCUT2D eigenvalue weighted by Crippen LogP contribution is 2.33. The van der Waals surface area contributed by atoms with Crippen LogP contribution >= 0.6 is 0 Å². The Hall–Kier alpha value is -3.35. The molecule has 1 aliphatic heterocycles. The summed E-state index contributed by atoms with van der Waals surface area (Å²) in [7, 11) is 1.61. The Labute approximate surface area is 156 Å². The zero-order valence-corrected chi connectivity index (χ0v) is 15.0. The average molecular weight is 364 g/mol. The summed E-state index contributed by atoms with van der Waals surface area (Å²) < 4.78 is 10.7. The first-order valence-corrected chi connectivity index (χ1v) is 8.85. The monoisotopic (exact) mass is 364 g/mol. The van der Waals surface area contributed by atoms with E-state index >= 15 is 0 Å². The second-order valence-corrected chi connectivity index (χ2v) is 6.34. The third-order valence-electron chi connectivity index (χ3n) is 4.59. The molecule has 27 heavy (non-hydrogen) atoms. The average Bonchev–Trinajstić information content (AvgIpc) is 3.38. The number of ether oxygens (including phenoxy) is 1. The van der Waals surface area contributed by atoms with Crippen molar-refractivity contribution in [2.24, 2.45) is 0 Å². The van der Waals surface area contributed by atoms with Crippen LogP contribution in [0.1, 0.15) is 24.8 Å². The largest absolute Gasteiger partial charge is 0.497 e. The van der Waals surface area contributed by atoms with Crippen molar-refractivity contribution in [1.29, 1.82) is 0 Å². The highest BCUT2D eigenvalue weighted by atomic mass is 16.5. The summed E-state index contributed by atoms with van der Waals surface area (Å²) in [4.78, 5) is 18.9. The number of nitrogens with zero attached hydrogens (tertiary/aromatic N) is 3. The van der Waals surface area contributed by atoms with Crippen LogP contribution in [0, 0.1) is 0 Å². The van der Waals surface area contributed by atoms with Crippen LogP contribution < -0.4 is 10.1 Å². The van der Waals surface area contributed by atoms with E-state index in [1.165, 1.54) is 0 Å². The van der Waals surface area contributed by atoms with Crippen molar-refractivity contribution in [3.05, 3.63) is 60.5 Å². The lowest BCUT2D eigenvalue weighted by Crippen LogP contribution is -2.34. The van der Waals surface area contributed by atoms with Crippen LogP contribution in [0.15, 0.2) is 59.1 Å². The molecule has 1 aromatic heterocycles. The van der Waals surface area contributed by atoms with E-state index in [-0.39, 0.29) is 12.1 Å². The number of nitrogens with one attached hydrogen (secondary N) is 1. The van der Waals surface area contributed by atoms with Gasteiger partial charge in [-0.2, -0.15) is 4.98 Å². The molecule has 7 nitrogen and oxygen atoms in total. The number of amides is 2. The van der Waals surface area contributed by atoms with Crippen molar-refractivity contribution >= 4 is 11.7 Å². The number of likely N-dealkylation sites (tertiary alicyclic amines) is 1. The Morgan fingerprint density at radius 1 is 1.22 bits per heavy atom. The first-order valence-electron chi connectivity index (χ1n) is 8.85. The zero-order chi connectivity index (χ0) is 18.6. The second-order valence-electron chi connectivity index (χ2n) is 6.34. The molecule has 0 bridgehead atoms. The summed E-state index contributed by atoms with van der Waals surface area (Å²) in [6.07, 6.45) is 1.69. The molecule has 0 spiro atoms. The molecule has 0 unspecified atom stereocenters. The van der Waals surface area contributed by atoms with Crippen LogP contribution in [0.4, 0.5) is 10.5 Å². The summed E-state index contributed by atoms with van der Waals surface area (Å²) in [5.74, 6) is 1.66. The van der Waals surface area contributed by atoms with Gasteiger partial charge in [0.2, 0.25) is 11.7 Å². The minimum Gasteiger partial charge on any atom is -0.497 e. The van der Waals surface area contributed by atoms with Gasteiger partial charge in [-0.15, -0.1) is 0 Å². The van der Waals surface area contributed by atoms with E-state index < -0.39 is 0 Å². The Morgan fingerprint density at radius 3 is 2.89 bits per heavy atom. The minimum absolute atomic E-state index is 0.162. The fourth-order valence-electron chi connectivity index (χ4n) is 3.23. The molecule has 1 atom stereocenters. The Balaban J connectivity index is 1.52. The van der Waals surface area contributed by atoms with Gasteiger partial charge in [-0.3, -0.25) is 0 Å². The van der Waals surface area contributed by atoms with Crippen LogP contribution in [-0.4, -0.2) is 34.7 Å². The minimum atomic E-state index is -0.222. The lowest BCUT2D eigenvalue weighted by Gasteiger charge is -2.22. The van der Waals surface area contributed by atoms with Crippen molar-refractivity contribution in [2.45, 2.75) is 18.9 Å². The molecule has 1 aliphatic rings. The van der Waals surface area contributed by atoms with Gasteiger partial charge < -0.3 is 19.5 Å². The van der Waals surface area contributed by atoms with E-state index in [0.717, 1.165) is 29.8 Å². The molecule has 1 N–H and O–H groups in total. The van der Waals surface area contributed by atoms with Gasteiger partial charge >= 0.3 is 6.03 Å². The summed E-state index contributed by atoms with van der Waals surface area (Å²) in [6.45, 7) is 0.653. The van der Waals surface area contributed by atoms with E-state index in [4.69, 9.17) is 9.26 Å². The van der Waals surface area contributed by atoms with Crippen LogP contribution in [0.5, 0.6) is 5.75 Å². The number of rotatable bonds is 4.